The zero-order valence-electron chi connectivity index (χ0n) is 11.1. The van der Waals surface area contributed by atoms with Crippen LogP contribution in [0.4, 0.5) is 0 Å². The molecule has 3 rings (SSSR count). The first-order valence-electron chi connectivity index (χ1n) is 6.32. The third kappa shape index (κ3) is 2.70. The average Bonchev–Trinajstić information content (AvgIpc) is 2.60. The summed E-state index contributed by atoms with van der Waals surface area (Å²) < 4.78 is 5.94. The largest absolute Gasteiger partial charge is 0.456 e. The van der Waals surface area contributed by atoms with Gasteiger partial charge in [-0.3, -0.25) is 0 Å². The number of benzene rings is 2. The molecule has 1 aliphatic heterocycles. The van der Waals surface area contributed by atoms with E-state index >= 15 is 0 Å². The van der Waals surface area contributed by atoms with Gasteiger partial charge in [-0.1, -0.05) is 38.1 Å². The van der Waals surface area contributed by atoms with E-state index in [-0.39, 0.29) is 0 Å². The normalized spacial score (nSPS) is 12.2. The smallest absolute Gasteiger partial charge is 0.141 e. The van der Waals surface area contributed by atoms with Crippen molar-refractivity contribution in [2.75, 3.05) is 0 Å². The van der Waals surface area contributed by atoms with Gasteiger partial charge in [0.2, 0.25) is 0 Å². The van der Waals surface area contributed by atoms with E-state index in [1.807, 2.05) is 37.7 Å². The maximum absolute atomic E-state index is 5.94. The predicted molar refractivity (Wildman–Crippen MR) is 78.6 cm³/mol. The van der Waals surface area contributed by atoms with E-state index in [4.69, 9.17) is 4.74 Å². The van der Waals surface area contributed by atoms with Crippen molar-refractivity contribution in [3.63, 3.8) is 0 Å². The minimum Gasteiger partial charge on any atom is -0.456 e. The van der Waals surface area contributed by atoms with Crippen LogP contribution in [0.5, 0.6) is 11.5 Å². The second-order valence-corrected chi connectivity index (χ2v) is 4.97. The Kier molecular flexibility index (Phi) is 4.32. The van der Waals surface area contributed by atoms with Crippen LogP contribution in [0.1, 0.15) is 25.0 Å². The lowest BCUT2D eigenvalue weighted by Gasteiger charge is -2.07. The Morgan fingerprint density at radius 1 is 1.00 bits per heavy atom. The Bertz CT molecular complexity index is 534. The number of aryl methyl sites for hydroxylation is 1. The van der Waals surface area contributed by atoms with Gasteiger partial charge in [-0.05, 0) is 30.7 Å². The van der Waals surface area contributed by atoms with E-state index in [2.05, 4.69) is 37.3 Å². The van der Waals surface area contributed by atoms with Gasteiger partial charge >= 0.3 is 0 Å². The van der Waals surface area contributed by atoms with E-state index in [1.165, 1.54) is 16.0 Å². The molecule has 0 spiro atoms. The fourth-order valence-corrected chi connectivity index (χ4v) is 2.88. The van der Waals surface area contributed by atoms with Gasteiger partial charge in [0.15, 0.2) is 0 Å². The molecule has 2 heteroatoms. The second kappa shape index (κ2) is 5.96. The molecule has 2 aromatic carbocycles. The highest BCUT2D eigenvalue weighted by Gasteiger charge is 2.14. The molecule has 1 aliphatic rings. The van der Waals surface area contributed by atoms with Gasteiger partial charge in [0.05, 0.1) is 4.90 Å². The zero-order chi connectivity index (χ0) is 13.0. The molecule has 18 heavy (non-hydrogen) atoms. The molecule has 0 bridgehead atoms. The third-order valence-electron chi connectivity index (χ3n) is 2.67. The number of para-hydroxylation sites is 1. The number of hydrogen-bond donors (Lipinski definition) is 0. The molecule has 0 saturated heterocycles. The van der Waals surface area contributed by atoms with Gasteiger partial charge in [-0.25, -0.2) is 0 Å². The summed E-state index contributed by atoms with van der Waals surface area (Å²) in [4.78, 5) is 1.23. The summed E-state index contributed by atoms with van der Waals surface area (Å²) in [7, 11) is 0. The standard InChI is InChI=1S/C14H12OS.C2H6/c1-10-6-7-13-14(8-10)16-9-11-4-2-3-5-12(11)15-13;1-2/h2-8H,9H2,1H3;1-2H3. The van der Waals surface area contributed by atoms with Crippen molar-refractivity contribution in [1.29, 1.82) is 0 Å². The highest BCUT2D eigenvalue weighted by molar-refractivity contribution is 7.98. The van der Waals surface area contributed by atoms with Gasteiger partial charge in [0, 0.05) is 11.3 Å². The van der Waals surface area contributed by atoms with Gasteiger partial charge in [-0.2, -0.15) is 0 Å². The molecular weight excluding hydrogens is 240 g/mol. The lowest BCUT2D eigenvalue weighted by atomic mass is 10.2. The topological polar surface area (TPSA) is 9.23 Å². The van der Waals surface area contributed by atoms with Crippen LogP contribution in [0.2, 0.25) is 0 Å². The Morgan fingerprint density at radius 3 is 2.61 bits per heavy atom. The van der Waals surface area contributed by atoms with Crippen molar-refractivity contribution in [1.82, 2.24) is 0 Å². The first-order valence-corrected chi connectivity index (χ1v) is 7.31. The van der Waals surface area contributed by atoms with Crippen LogP contribution in [0.3, 0.4) is 0 Å². The Morgan fingerprint density at radius 2 is 1.78 bits per heavy atom. The molecule has 0 atom stereocenters. The molecule has 0 aliphatic carbocycles. The zero-order valence-corrected chi connectivity index (χ0v) is 11.9. The predicted octanol–water partition coefficient (Wildman–Crippen LogP) is 5.42. The van der Waals surface area contributed by atoms with Crippen molar-refractivity contribution in [2.45, 2.75) is 31.4 Å². The van der Waals surface area contributed by atoms with E-state index in [1.54, 1.807) is 0 Å². The molecule has 0 amide bonds. The van der Waals surface area contributed by atoms with Crippen LogP contribution in [-0.2, 0) is 5.75 Å². The first kappa shape index (κ1) is 13.0. The summed E-state index contributed by atoms with van der Waals surface area (Å²) in [6, 6.07) is 14.6. The number of hydrogen-bond acceptors (Lipinski definition) is 2. The van der Waals surface area contributed by atoms with Crippen LogP contribution in [0.15, 0.2) is 47.4 Å². The molecule has 1 heterocycles. The number of rotatable bonds is 0. The lowest BCUT2D eigenvalue weighted by Crippen LogP contribution is -1.87. The molecular formula is C16H18OS. The molecule has 0 aromatic heterocycles. The minimum atomic E-state index is 0.973. The Balaban J connectivity index is 0.000000574. The SMILES string of the molecule is CC.Cc1ccc2c(c1)SCc1ccccc1O2. The highest BCUT2D eigenvalue weighted by atomic mass is 32.2. The Labute approximate surface area is 113 Å². The molecule has 0 radical (unpaired) electrons. The molecule has 1 nitrogen and oxygen atoms in total. The van der Waals surface area contributed by atoms with Gasteiger partial charge in [0.1, 0.15) is 11.5 Å². The van der Waals surface area contributed by atoms with E-state index in [9.17, 15) is 0 Å². The maximum atomic E-state index is 5.94. The summed E-state index contributed by atoms with van der Waals surface area (Å²) in [5.41, 5.74) is 2.54. The van der Waals surface area contributed by atoms with Crippen LogP contribution in [0, 0.1) is 6.92 Å². The number of ether oxygens (including phenoxy) is 1. The summed E-state index contributed by atoms with van der Waals surface area (Å²) in [5, 5.41) is 0. The van der Waals surface area contributed by atoms with Crippen molar-refractivity contribution in [3.05, 3.63) is 53.6 Å². The summed E-state index contributed by atoms with van der Waals surface area (Å²) in [6.45, 7) is 6.11. The fourth-order valence-electron chi connectivity index (χ4n) is 1.81. The summed E-state index contributed by atoms with van der Waals surface area (Å²) in [6.07, 6.45) is 0. The number of thioether (sulfide) groups is 1. The van der Waals surface area contributed by atoms with E-state index < -0.39 is 0 Å². The average molecular weight is 258 g/mol. The summed E-state index contributed by atoms with van der Waals surface area (Å²) >= 11 is 1.84. The van der Waals surface area contributed by atoms with Crippen molar-refractivity contribution in [3.8, 4) is 11.5 Å². The van der Waals surface area contributed by atoms with E-state index in [0.717, 1.165) is 17.3 Å². The van der Waals surface area contributed by atoms with Crippen molar-refractivity contribution < 1.29 is 4.74 Å². The first-order chi connectivity index (χ1) is 8.83. The molecule has 2 aromatic rings. The lowest BCUT2D eigenvalue weighted by molar-refractivity contribution is 0.469. The minimum absolute atomic E-state index is 0.973. The fraction of sp³-hybridized carbons (Fsp3) is 0.250. The monoisotopic (exact) mass is 258 g/mol. The van der Waals surface area contributed by atoms with Gasteiger partial charge in [0.25, 0.3) is 0 Å². The molecule has 0 saturated carbocycles. The highest BCUT2D eigenvalue weighted by Crippen LogP contribution is 2.41. The van der Waals surface area contributed by atoms with Crippen LogP contribution < -0.4 is 4.74 Å². The van der Waals surface area contributed by atoms with Crippen LogP contribution in [-0.4, -0.2) is 0 Å². The molecule has 0 N–H and O–H groups in total. The van der Waals surface area contributed by atoms with E-state index in [0.29, 0.717) is 0 Å². The van der Waals surface area contributed by atoms with Gasteiger partial charge < -0.3 is 4.74 Å². The summed E-state index contributed by atoms with van der Waals surface area (Å²) in [5.74, 6) is 2.94. The maximum Gasteiger partial charge on any atom is 0.141 e. The molecule has 94 valence electrons. The van der Waals surface area contributed by atoms with Gasteiger partial charge in [-0.15, -0.1) is 11.8 Å². The Hall–Kier alpha value is -1.41. The molecule has 0 unspecified atom stereocenters. The number of fused-ring (bicyclic) bond motifs is 2. The van der Waals surface area contributed by atoms with Crippen molar-refractivity contribution >= 4 is 11.8 Å². The van der Waals surface area contributed by atoms with Crippen molar-refractivity contribution in [2.24, 2.45) is 0 Å². The quantitative estimate of drug-likeness (QED) is 0.624. The molecule has 0 fully saturated rings. The second-order valence-electron chi connectivity index (χ2n) is 3.95. The van der Waals surface area contributed by atoms with Crippen LogP contribution >= 0.6 is 11.8 Å². The third-order valence-corrected chi connectivity index (χ3v) is 3.76. The van der Waals surface area contributed by atoms with Crippen LogP contribution in [0.25, 0.3) is 0 Å².